The van der Waals surface area contributed by atoms with Gasteiger partial charge in [-0.2, -0.15) is 0 Å². The number of rotatable bonds is 6. The van der Waals surface area contributed by atoms with E-state index >= 15 is 0 Å². The van der Waals surface area contributed by atoms with Gasteiger partial charge in [-0.1, -0.05) is 42.5 Å². The van der Waals surface area contributed by atoms with E-state index < -0.39 is 0 Å². The zero-order valence-corrected chi connectivity index (χ0v) is 15.7. The first-order valence-electron chi connectivity index (χ1n) is 9.40. The van der Waals surface area contributed by atoms with Gasteiger partial charge in [-0.25, -0.2) is 0 Å². The lowest BCUT2D eigenvalue weighted by Crippen LogP contribution is -2.31. The summed E-state index contributed by atoms with van der Waals surface area (Å²) in [5, 5.41) is 4.80. The van der Waals surface area contributed by atoms with Crippen LogP contribution < -0.4 is 15.0 Å². The smallest absolute Gasteiger partial charge is 0.261 e. The number of hydrogen-bond acceptors (Lipinski definition) is 3. The minimum Gasteiger partial charge on any atom is -0.483 e. The maximum Gasteiger partial charge on any atom is 0.261 e. The van der Waals surface area contributed by atoms with Crippen LogP contribution in [0.15, 0.2) is 66.7 Å². The monoisotopic (exact) mass is 374 g/mol. The quantitative estimate of drug-likeness (QED) is 0.714. The number of anilines is 1. The highest BCUT2D eigenvalue weighted by Crippen LogP contribution is 2.28. The molecule has 0 aliphatic heterocycles. The number of fused-ring (bicyclic) bond motifs is 1. The Kier molecular flexibility index (Phi) is 4.98. The molecule has 0 radical (unpaired) electrons. The van der Waals surface area contributed by atoms with Crippen molar-refractivity contribution < 1.29 is 14.3 Å². The lowest BCUT2D eigenvalue weighted by molar-refractivity contribution is -0.123. The Morgan fingerprint density at radius 3 is 2.32 bits per heavy atom. The van der Waals surface area contributed by atoms with E-state index in [-0.39, 0.29) is 24.5 Å². The molecule has 1 N–H and O–H groups in total. The van der Waals surface area contributed by atoms with Gasteiger partial charge >= 0.3 is 0 Å². The lowest BCUT2D eigenvalue weighted by atomic mass is 10.0. The van der Waals surface area contributed by atoms with E-state index in [4.69, 9.17) is 4.74 Å². The molecule has 0 saturated heterocycles. The third-order valence-corrected chi connectivity index (χ3v) is 4.83. The third kappa shape index (κ3) is 3.98. The van der Waals surface area contributed by atoms with Gasteiger partial charge in [0, 0.05) is 18.8 Å². The number of carbonyl (C=O) groups excluding carboxylic acids is 2. The molecule has 5 nitrogen and oxygen atoms in total. The summed E-state index contributed by atoms with van der Waals surface area (Å²) in [6.07, 6.45) is 2.04. The number of carbonyl (C=O) groups is 2. The average Bonchev–Trinajstić information content (AvgIpc) is 3.55. The number of amides is 2. The summed E-state index contributed by atoms with van der Waals surface area (Å²) in [7, 11) is 1.73. The summed E-state index contributed by atoms with van der Waals surface area (Å²) in [6.45, 7) is -0.107. The molecule has 0 aromatic heterocycles. The van der Waals surface area contributed by atoms with Crippen LogP contribution >= 0.6 is 0 Å². The molecule has 2 amide bonds. The Morgan fingerprint density at radius 1 is 1.00 bits per heavy atom. The number of nitrogens with zero attached hydrogens (tertiary/aromatic N) is 1. The molecule has 0 bridgehead atoms. The molecule has 4 rings (SSSR count). The second-order valence-corrected chi connectivity index (χ2v) is 7.03. The zero-order chi connectivity index (χ0) is 19.5. The van der Waals surface area contributed by atoms with Crippen molar-refractivity contribution in [3.63, 3.8) is 0 Å². The molecule has 142 valence electrons. The molecule has 0 spiro atoms. The molecule has 1 aliphatic carbocycles. The van der Waals surface area contributed by atoms with E-state index in [1.165, 1.54) is 0 Å². The zero-order valence-electron chi connectivity index (χ0n) is 15.7. The van der Waals surface area contributed by atoms with Gasteiger partial charge in [0.25, 0.3) is 11.8 Å². The molecular formula is C23H22N2O3. The van der Waals surface area contributed by atoms with Crippen molar-refractivity contribution >= 4 is 28.3 Å². The Morgan fingerprint density at radius 2 is 1.64 bits per heavy atom. The predicted octanol–water partition coefficient (Wildman–Crippen LogP) is 3.77. The fraction of sp³-hybridized carbons (Fsp3) is 0.217. The third-order valence-electron chi connectivity index (χ3n) is 4.83. The fourth-order valence-electron chi connectivity index (χ4n) is 3.10. The summed E-state index contributed by atoms with van der Waals surface area (Å²) in [4.78, 5) is 26.8. The van der Waals surface area contributed by atoms with Gasteiger partial charge in [-0.15, -0.1) is 0 Å². The first-order valence-corrected chi connectivity index (χ1v) is 9.40. The Labute approximate surface area is 163 Å². The van der Waals surface area contributed by atoms with Crippen LogP contribution in [0.25, 0.3) is 10.8 Å². The van der Waals surface area contributed by atoms with Crippen molar-refractivity contribution in [1.82, 2.24) is 5.32 Å². The van der Waals surface area contributed by atoms with Crippen molar-refractivity contribution in [2.24, 2.45) is 0 Å². The molecule has 28 heavy (non-hydrogen) atoms. The number of ether oxygens (including phenoxy) is 1. The molecule has 0 atom stereocenters. The normalized spacial score (nSPS) is 13.2. The van der Waals surface area contributed by atoms with Gasteiger partial charge < -0.3 is 15.0 Å². The molecule has 3 aromatic rings. The average molecular weight is 374 g/mol. The van der Waals surface area contributed by atoms with Crippen LogP contribution in [-0.4, -0.2) is 31.5 Å². The predicted molar refractivity (Wildman–Crippen MR) is 110 cm³/mol. The Hall–Kier alpha value is -3.34. The van der Waals surface area contributed by atoms with Crippen LogP contribution in [0.1, 0.15) is 23.2 Å². The molecular weight excluding hydrogens is 352 g/mol. The number of hydrogen-bond donors (Lipinski definition) is 1. The van der Waals surface area contributed by atoms with Crippen molar-refractivity contribution in [2.45, 2.75) is 18.9 Å². The summed E-state index contributed by atoms with van der Waals surface area (Å²) in [5.41, 5.74) is 1.22. The number of nitrogens with one attached hydrogen (secondary N) is 1. The maximum absolute atomic E-state index is 13.2. The van der Waals surface area contributed by atoms with Gasteiger partial charge in [-0.3, -0.25) is 9.59 Å². The van der Waals surface area contributed by atoms with Crippen LogP contribution in [0.4, 0.5) is 5.69 Å². The summed E-state index contributed by atoms with van der Waals surface area (Å²) in [5.74, 6) is 0.0671. The van der Waals surface area contributed by atoms with E-state index in [9.17, 15) is 9.59 Å². The molecule has 5 heteroatoms. The number of para-hydroxylation sites is 1. The second kappa shape index (κ2) is 7.72. The van der Waals surface area contributed by atoms with Crippen molar-refractivity contribution in [2.75, 3.05) is 18.6 Å². The van der Waals surface area contributed by atoms with E-state index in [0.29, 0.717) is 11.3 Å². The molecule has 1 fully saturated rings. The second-order valence-electron chi connectivity index (χ2n) is 7.03. The van der Waals surface area contributed by atoms with Crippen LogP contribution in [0, 0.1) is 0 Å². The van der Waals surface area contributed by atoms with Crippen LogP contribution in [0.2, 0.25) is 0 Å². The first-order chi connectivity index (χ1) is 13.6. The number of benzene rings is 3. The van der Waals surface area contributed by atoms with E-state index in [1.807, 2.05) is 66.7 Å². The minimum absolute atomic E-state index is 0.107. The summed E-state index contributed by atoms with van der Waals surface area (Å²) in [6, 6.07) is 21.1. The SMILES string of the molecule is CN(C(=O)c1cc2ccccc2cc1OCC(=O)NC1CC1)c1ccccc1. The van der Waals surface area contributed by atoms with E-state index in [2.05, 4.69) is 5.32 Å². The Bertz CT molecular complexity index is 1010. The minimum atomic E-state index is -0.186. The van der Waals surface area contributed by atoms with Gasteiger partial charge in [0.2, 0.25) is 0 Å². The van der Waals surface area contributed by atoms with Crippen LogP contribution in [-0.2, 0) is 4.79 Å². The molecule has 0 heterocycles. The highest BCUT2D eigenvalue weighted by molar-refractivity contribution is 6.10. The summed E-state index contributed by atoms with van der Waals surface area (Å²) >= 11 is 0. The van der Waals surface area contributed by atoms with Crippen molar-refractivity contribution in [1.29, 1.82) is 0 Å². The van der Waals surface area contributed by atoms with E-state index in [1.54, 1.807) is 11.9 Å². The van der Waals surface area contributed by atoms with Crippen LogP contribution in [0.3, 0.4) is 0 Å². The summed E-state index contributed by atoms with van der Waals surface area (Å²) < 4.78 is 5.78. The lowest BCUT2D eigenvalue weighted by Gasteiger charge is -2.20. The molecule has 0 unspecified atom stereocenters. The van der Waals surface area contributed by atoms with Gasteiger partial charge in [0.05, 0.1) is 5.56 Å². The standard InChI is InChI=1S/C23H22N2O3/c1-25(19-9-3-2-4-10-19)23(27)20-13-16-7-5-6-8-17(16)14-21(20)28-15-22(26)24-18-11-12-18/h2-10,13-14,18H,11-12,15H2,1H3,(H,24,26). The highest BCUT2D eigenvalue weighted by Gasteiger charge is 2.24. The molecule has 1 saturated carbocycles. The van der Waals surface area contributed by atoms with Gasteiger partial charge in [-0.05, 0) is 47.9 Å². The van der Waals surface area contributed by atoms with Gasteiger partial charge in [0.1, 0.15) is 5.75 Å². The highest BCUT2D eigenvalue weighted by atomic mass is 16.5. The fourth-order valence-corrected chi connectivity index (χ4v) is 3.10. The molecule has 3 aromatic carbocycles. The van der Waals surface area contributed by atoms with E-state index in [0.717, 1.165) is 29.3 Å². The van der Waals surface area contributed by atoms with Crippen molar-refractivity contribution in [3.05, 3.63) is 72.3 Å². The topological polar surface area (TPSA) is 58.6 Å². The van der Waals surface area contributed by atoms with Crippen LogP contribution in [0.5, 0.6) is 5.75 Å². The van der Waals surface area contributed by atoms with Crippen molar-refractivity contribution in [3.8, 4) is 5.75 Å². The van der Waals surface area contributed by atoms with Gasteiger partial charge in [0.15, 0.2) is 6.61 Å². The Balaban J connectivity index is 1.64. The maximum atomic E-state index is 13.2. The molecule has 1 aliphatic rings. The first kappa shape index (κ1) is 18.0. The largest absolute Gasteiger partial charge is 0.483 e.